The molecule has 0 heterocycles. The lowest BCUT2D eigenvalue weighted by Crippen LogP contribution is -2.23. The van der Waals surface area contributed by atoms with Gasteiger partial charge in [-0.2, -0.15) is 0 Å². The molecule has 0 aliphatic carbocycles. The predicted octanol–water partition coefficient (Wildman–Crippen LogP) is 2.45. The predicted molar refractivity (Wildman–Crippen MR) is 93.1 cm³/mol. The molecule has 2 rings (SSSR count). The van der Waals surface area contributed by atoms with Crippen molar-refractivity contribution in [1.82, 2.24) is 5.32 Å². The summed E-state index contributed by atoms with van der Waals surface area (Å²) in [5, 5.41) is 13.4. The molecule has 0 fully saturated rings. The first-order valence-corrected chi connectivity index (χ1v) is 8.89. The minimum atomic E-state index is -3.95. The van der Waals surface area contributed by atoms with Crippen LogP contribution in [-0.2, 0) is 10.0 Å². The smallest absolute Gasteiger partial charge is 0.269 e. The van der Waals surface area contributed by atoms with Crippen LogP contribution < -0.4 is 10.0 Å². The summed E-state index contributed by atoms with van der Waals surface area (Å²) in [5.74, 6) is -0.310. The Kier molecular flexibility index (Phi) is 5.38. The van der Waals surface area contributed by atoms with E-state index >= 15 is 0 Å². The molecular weight excluding hydrogens is 346 g/mol. The van der Waals surface area contributed by atoms with Crippen LogP contribution in [-0.4, -0.2) is 25.8 Å². The van der Waals surface area contributed by atoms with Gasteiger partial charge in [0.05, 0.1) is 9.82 Å². The fourth-order valence-electron chi connectivity index (χ4n) is 2.25. The Balaban J connectivity index is 2.32. The van der Waals surface area contributed by atoms with Gasteiger partial charge >= 0.3 is 0 Å². The number of carbonyl (C=O) groups excluding carboxylic acids is 1. The highest BCUT2D eigenvalue weighted by Crippen LogP contribution is 2.23. The van der Waals surface area contributed by atoms with Crippen LogP contribution in [0.1, 0.15) is 22.8 Å². The van der Waals surface area contributed by atoms with Gasteiger partial charge in [-0.05, 0) is 43.7 Å². The van der Waals surface area contributed by atoms with E-state index in [2.05, 4.69) is 10.0 Å². The molecule has 25 heavy (non-hydrogen) atoms. The number of aryl methyl sites for hydroxylation is 1. The standard InChI is InChI=1S/C16H17N3O5S/c1-3-17-16(20)12-5-4-6-13(10-12)18-25(23,24)15-8-7-14(19(21)22)9-11(15)2/h4-10,18H,3H2,1-2H3,(H,17,20). The number of hydrogen-bond acceptors (Lipinski definition) is 5. The van der Waals surface area contributed by atoms with E-state index in [4.69, 9.17) is 0 Å². The molecule has 0 radical (unpaired) electrons. The van der Waals surface area contributed by atoms with Crippen molar-refractivity contribution in [1.29, 1.82) is 0 Å². The van der Waals surface area contributed by atoms with Crippen molar-refractivity contribution in [3.05, 3.63) is 63.7 Å². The van der Waals surface area contributed by atoms with Crippen molar-refractivity contribution in [2.75, 3.05) is 11.3 Å². The van der Waals surface area contributed by atoms with Crippen molar-refractivity contribution >= 4 is 27.3 Å². The molecule has 0 unspecified atom stereocenters. The summed E-state index contributed by atoms with van der Waals surface area (Å²) in [6.45, 7) is 3.71. The van der Waals surface area contributed by atoms with Crippen LogP contribution in [0.15, 0.2) is 47.4 Å². The molecule has 0 aromatic heterocycles. The molecule has 0 aliphatic rings. The van der Waals surface area contributed by atoms with E-state index in [0.29, 0.717) is 12.1 Å². The molecule has 0 atom stereocenters. The Labute approximate surface area is 145 Å². The first-order valence-electron chi connectivity index (χ1n) is 7.40. The third-order valence-electron chi connectivity index (χ3n) is 3.37. The number of sulfonamides is 1. The molecule has 0 saturated heterocycles. The molecule has 2 N–H and O–H groups in total. The van der Waals surface area contributed by atoms with Crippen LogP contribution in [0.25, 0.3) is 0 Å². The summed E-state index contributed by atoms with van der Waals surface area (Å²) in [5.41, 5.74) is 0.611. The van der Waals surface area contributed by atoms with Gasteiger partial charge < -0.3 is 5.32 Å². The van der Waals surface area contributed by atoms with Crippen LogP contribution in [0.4, 0.5) is 11.4 Å². The van der Waals surface area contributed by atoms with Gasteiger partial charge in [-0.1, -0.05) is 6.07 Å². The number of carbonyl (C=O) groups is 1. The highest BCUT2D eigenvalue weighted by atomic mass is 32.2. The van der Waals surface area contributed by atoms with Gasteiger partial charge in [0.15, 0.2) is 0 Å². The number of nitrogens with zero attached hydrogens (tertiary/aromatic N) is 1. The first-order chi connectivity index (χ1) is 11.7. The molecular formula is C16H17N3O5S. The third-order valence-corrected chi connectivity index (χ3v) is 4.91. The number of nitro groups is 1. The van der Waals surface area contributed by atoms with E-state index in [1.54, 1.807) is 19.1 Å². The first kappa shape index (κ1) is 18.4. The van der Waals surface area contributed by atoms with Gasteiger partial charge in [0.2, 0.25) is 0 Å². The summed E-state index contributed by atoms with van der Waals surface area (Å²) in [6.07, 6.45) is 0. The Morgan fingerprint density at radius 2 is 1.92 bits per heavy atom. The molecule has 2 aromatic carbocycles. The quantitative estimate of drug-likeness (QED) is 0.604. The Morgan fingerprint density at radius 1 is 1.20 bits per heavy atom. The number of nitro benzene ring substituents is 1. The number of hydrogen-bond donors (Lipinski definition) is 2. The maximum absolute atomic E-state index is 12.5. The van der Waals surface area contributed by atoms with Crippen LogP contribution in [0.3, 0.4) is 0 Å². The van der Waals surface area contributed by atoms with E-state index in [9.17, 15) is 23.3 Å². The minimum absolute atomic E-state index is 0.0680. The maximum Gasteiger partial charge on any atom is 0.269 e. The van der Waals surface area contributed by atoms with Crippen LogP contribution >= 0.6 is 0 Å². The number of anilines is 1. The molecule has 2 aromatic rings. The highest BCUT2D eigenvalue weighted by molar-refractivity contribution is 7.92. The normalized spacial score (nSPS) is 11.0. The molecule has 1 amide bonds. The van der Waals surface area contributed by atoms with Gasteiger partial charge in [-0.25, -0.2) is 8.42 Å². The Morgan fingerprint density at radius 3 is 2.52 bits per heavy atom. The van der Waals surface area contributed by atoms with Crippen molar-refractivity contribution in [3.8, 4) is 0 Å². The summed E-state index contributed by atoms with van der Waals surface area (Å²) in [7, 11) is -3.95. The second-order valence-corrected chi connectivity index (χ2v) is 6.90. The average Bonchev–Trinajstić information content (AvgIpc) is 2.54. The topological polar surface area (TPSA) is 118 Å². The molecule has 9 heteroatoms. The summed E-state index contributed by atoms with van der Waals surface area (Å²) >= 11 is 0. The Hall–Kier alpha value is -2.94. The van der Waals surface area contributed by atoms with E-state index in [-0.39, 0.29) is 27.7 Å². The van der Waals surface area contributed by atoms with E-state index < -0.39 is 14.9 Å². The van der Waals surface area contributed by atoms with E-state index in [1.807, 2.05) is 0 Å². The zero-order valence-corrected chi connectivity index (χ0v) is 14.5. The van der Waals surface area contributed by atoms with Crippen molar-refractivity contribution < 1.29 is 18.1 Å². The zero-order chi connectivity index (χ0) is 18.6. The monoisotopic (exact) mass is 363 g/mol. The lowest BCUT2D eigenvalue weighted by Gasteiger charge is -2.11. The summed E-state index contributed by atoms with van der Waals surface area (Å²) in [6, 6.07) is 9.57. The Bertz CT molecular complexity index is 925. The molecule has 0 saturated carbocycles. The highest BCUT2D eigenvalue weighted by Gasteiger charge is 2.20. The fourth-order valence-corrected chi connectivity index (χ4v) is 3.52. The minimum Gasteiger partial charge on any atom is -0.352 e. The maximum atomic E-state index is 12.5. The van der Waals surface area contributed by atoms with Crippen LogP contribution in [0, 0.1) is 17.0 Å². The van der Waals surface area contributed by atoms with Crippen molar-refractivity contribution in [2.24, 2.45) is 0 Å². The summed E-state index contributed by atoms with van der Waals surface area (Å²) in [4.78, 5) is 21.9. The van der Waals surface area contributed by atoms with Crippen molar-refractivity contribution in [3.63, 3.8) is 0 Å². The molecule has 0 bridgehead atoms. The lowest BCUT2D eigenvalue weighted by atomic mass is 10.2. The van der Waals surface area contributed by atoms with Crippen LogP contribution in [0.5, 0.6) is 0 Å². The van der Waals surface area contributed by atoms with E-state index in [1.165, 1.54) is 31.2 Å². The molecule has 132 valence electrons. The zero-order valence-electron chi connectivity index (χ0n) is 13.6. The average molecular weight is 363 g/mol. The van der Waals surface area contributed by atoms with Gasteiger partial charge in [0.25, 0.3) is 21.6 Å². The molecule has 8 nitrogen and oxygen atoms in total. The van der Waals surface area contributed by atoms with Gasteiger partial charge in [-0.3, -0.25) is 19.6 Å². The SMILES string of the molecule is CCNC(=O)c1cccc(NS(=O)(=O)c2ccc([N+](=O)[O-])cc2C)c1. The fraction of sp³-hybridized carbons (Fsp3) is 0.188. The van der Waals surface area contributed by atoms with Crippen molar-refractivity contribution in [2.45, 2.75) is 18.7 Å². The third kappa shape index (κ3) is 4.32. The van der Waals surface area contributed by atoms with Gasteiger partial charge in [0, 0.05) is 29.9 Å². The number of benzene rings is 2. The van der Waals surface area contributed by atoms with E-state index in [0.717, 1.165) is 6.07 Å². The number of nitrogens with one attached hydrogen (secondary N) is 2. The number of non-ortho nitro benzene ring substituents is 1. The molecule has 0 spiro atoms. The van der Waals surface area contributed by atoms with Crippen LogP contribution in [0.2, 0.25) is 0 Å². The second-order valence-electron chi connectivity index (χ2n) is 5.25. The number of amides is 1. The molecule has 0 aliphatic heterocycles. The lowest BCUT2D eigenvalue weighted by molar-refractivity contribution is -0.385. The largest absolute Gasteiger partial charge is 0.352 e. The number of rotatable bonds is 6. The second kappa shape index (κ2) is 7.31. The summed E-state index contributed by atoms with van der Waals surface area (Å²) < 4.78 is 27.4. The van der Waals surface area contributed by atoms with Gasteiger partial charge in [-0.15, -0.1) is 0 Å². The van der Waals surface area contributed by atoms with Gasteiger partial charge in [0.1, 0.15) is 0 Å².